The number of hydrogen-bond acceptors (Lipinski definition) is 5. The molecule has 1 rings (SSSR count). The minimum absolute atomic E-state index is 0.123. The van der Waals surface area contributed by atoms with Gasteiger partial charge in [0.25, 0.3) is 0 Å². The molecule has 0 fully saturated rings. The SMILES string of the molecule is CCC(C)(C)NS(=O)(=O)c1ccc(NN)nc1. The molecule has 0 atom stereocenters. The Hall–Kier alpha value is -1.18. The first kappa shape index (κ1) is 13.9. The number of sulfonamides is 1. The van der Waals surface area contributed by atoms with Crippen LogP contribution in [0.5, 0.6) is 0 Å². The van der Waals surface area contributed by atoms with Crippen LogP contribution in [0.3, 0.4) is 0 Å². The molecule has 0 radical (unpaired) electrons. The number of nitrogens with two attached hydrogens (primary N) is 1. The van der Waals surface area contributed by atoms with E-state index in [0.717, 1.165) is 0 Å². The van der Waals surface area contributed by atoms with Gasteiger partial charge in [-0.2, -0.15) is 0 Å². The molecule has 96 valence electrons. The predicted molar refractivity (Wildman–Crippen MR) is 66.7 cm³/mol. The van der Waals surface area contributed by atoms with Crippen LogP contribution < -0.4 is 16.0 Å². The third-order valence-electron chi connectivity index (χ3n) is 2.49. The molecule has 17 heavy (non-hydrogen) atoms. The molecule has 0 aliphatic heterocycles. The van der Waals surface area contributed by atoms with Gasteiger partial charge >= 0.3 is 0 Å². The van der Waals surface area contributed by atoms with E-state index < -0.39 is 15.6 Å². The zero-order valence-electron chi connectivity index (χ0n) is 10.2. The normalized spacial score (nSPS) is 12.5. The molecule has 1 aromatic rings. The average molecular weight is 258 g/mol. The van der Waals surface area contributed by atoms with E-state index in [1.54, 1.807) is 0 Å². The van der Waals surface area contributed by atoms with E-state index in [4.69, 9.17) is 5.84 Å². The highest BCUT2D eigenvalue weighted by Gasteiger charge is 2.24. The Kier molecular flexibility index (Phi) is 4.07. The number of hydrazine groups is 1. The minimum atomic E-state index is -3.54. The minimum Gasteiger partial charge on any atom is -0.308 e. The first-order valence-corrected chi connectivity index (χ1v) is 6.76. The van der Waals surface area contributed by atoms with Gasteiger partial charge in [0.2, 0.25) is 10.0 Å². The number of nitrogen functional groups attached to an aromatic ring is 1. The third kappa shape index (κ3) is 3.65. The molecule has 1 heterocycles. The Balaban J connectivity index is 2.97. The molecule has 0 amide bonds. The average Bonchev–Trinajstić information content (AvgIpc) is 2.28. The van der Waals surface area contributed by atoms with Crippen molar-refractivity contribution in [2.45, 2.75) is 37.6 Å². The zero-order valence-corrected chi connectivity index (χ0v) is 11.0. The number of anilines is 1. The number of nitrogens with zero attached hydrogens (tertiary/aromatic N) is 1. The largest absolute Gasteiger partial charge is 0.308 e. The van der Waals surface area contributed by atoms with Crippen molar-refractivity contribution in [2.24, 2.45) is 5.84 Å². The smallest absolute Gasteiger partial charge is 0.242 e. The molecular formula is C10H18N4O2S. The fraction of sp³-hybridized carbons (Fsp3) is 0.500. The number of rotatable bonds is 5. The van der Waals surface area contributed by atoms with Crippen LogP contribution in [0.25, 0.3) is 0 Å². The number of aromatic nitrogens is 1. The summed E-state index contributed by atoms with van der Waals surface area (Å²) in [5.41, 5.74) is 1.86. The fourth-order valence-electron chi connectivity index (χ4n) is 1.12. The van der Waals surface area contributed by atoms with Crippen molar-refractivity contribution in [3.05, 3.63) is 18.3 Å². The standard InChI is InChI=1S/C10H18N4O2S/c1-4-10(2,3)14-17(15,16)8-5-6-9(13-11)12-7-8/h5-7,14H,4,11H2,1-3H3,(H,12,13). The van der Waals surface area contributed by atoms with Gasteiger partial charge in [0, 0.05) is 11.7 Å². The van der Waals surface area contributed by atoms with Crippen molar-refractivity contribution >= 4 is 15.8 Å². The lowest BCUT2D eigenvalue weighted by molar-refractivity contribution is 0.439. The van der Waals surface area contributed by atoms with Crippen molar-refractivity contribution in [3.63, 3.8) is 0 Å². The van der Waals surface area contributed by atoms with Crippen LogP contribution in [0.4, 0.5) is 5.82 Å². The molecule has 7 heteroatoms. The maximum absolute atomic E-state index is 12.0. The molecule has 0 saturated heterocycles. The van der Waals surface area contributed by atoms with Gasteiger partial charge in [-0.1, -0.05) is 6.92 Å². The topological polar surface area (TPSA) is 97.1 Å². The van der Waals surface area contributed by atoms with Gasteiger partial charge in [-0.25, -0.2) is 24.0 Å². The van der Waals surface area contributed by atoms with Gasteiger partial charge in [-0.3, -0.25) is 0 Å². The summed E-state index contributed by atoms with van der Waals surface area (Å²) >= 11 is 0. The lowest BCUT2D eigenvalue weighted by atomic mass is 10.0. The highest BCUT2D eigenvalue weighted by molar-refractivity contribution is 7.89. The fourth-order valence-corrected chi connectivity index (χ4v) is 2.55. The Labute approximate surface area is 102 Å². The van der Waals surface area contributed by atoms with Gasteiger partial charge in [-0.15, -0.1) is 0 Å². The molecule has 0 aliphatic carbocycles. The van der Waals surface area contributed by atoms with Gasteiger partial charge in [-0.05, 0) is 32.4 Å². The first-order chi connectivity index (χ1) is 7.80. The quantitative estimate of drug-likeness (QED) is 0.537. The second kappa shape index (κ2) is 4.99. The van der Waals surface area contributed by atoms with Crippen LogP contribution in [0.15, 0.2) is 23.2 Å². The summed E-state index contributed by atoms with van der Waals surface area (Å²) in [5, 5.41) is 0. The van der Waals surface area contributed by atoms with Crippen LogP contribution in [0.2, 0.25) is 0 Å². The van der Waals surface area contributed by atoms with Crippen LogP contribution in [0, 0.1) is 0 Å². The van der Waals surface area contributed by atoms with Crippen LogP contribution in [-0.4, -0.2) is 18.9 Å². The Morgan fingerprint density at radius 2 is 2.06 bits per heavy atom. The summed E-state index contributed by atoms with van der Waals surface area (Å²) in [6, 6.07) is 2.96. The van der Waals surface area contributed by atoms with E-state index in [-0.39, 0.29) is 4.90 Å². The molecule has 0 spiro atoms. The van der Waals surface area contributed by atoms with Crippen molar-refractivity contribution in [3.8, 4) is 0 Å². The highest BCUT2D eigenvalue weighted by Crippen LogP contribution is 2.15. The molecule has 0 aliphatic rings. The maximum Gasteiger partial charge on any atom is 0.242 e. The van der Waals surface area contributed by atoms with Crippen molar-refractivity contribution in [1.82, 2.24) is 9.71 Å². The zero-order chi connectivity index (χ0) is 13.1. The van der Waals surface area contributed by atoms with E-state index in [1.807, 2.05) is 20.8 Å². The molecule has 1 aromatic heterocycles. The Morgan fingerprint density at radius 1 is 1.41 bits per heavy atom. The second-order valence-corrected chi connectivity index (χ2v) is 6.05. The summed E-state index contributed by atoms with van der Waals surface area (Å²) in [5.74, 6) is 5.57. The molecule has 0 aromatic carbocycles. The Morgan fingerprint density at radius 3 is 2.47 bits per heavy atom. The Bertz CT molecular complexity index is 468. The molecule has 0 unspecified atom stereocenters. The maximum atomic E-state index is 12.0. The van der Waals surface area contributed by atoms with Gasteiger partial charge < -0.3 is 5.43 Å². The summed E-state index contributed by atoms with van der Waals surface area (Å²) < 4.78 is 26.6. The monoisotopic (exact) mass is 258 g/mol. The third-order valence-corrected chi connectivity index (χ3v) is 4.17. The van der Waals surface area contributed by atoms with Crippen LogP contribution >= 0.6 is 0 Å². The lowest BCUT2D eigenvalue weighted by Gasteiger charge is -2.23. The molecular weight excluding hydrogens is 240 g/mol. The molecule has 6 nitrogen and oxygen atoms in total. The van der Waals surface area contributed by atoms with E-state index in [0.29, 0.717) is 12.2 Å². The van der Waals surface area contributed by atoms with E-state index in [9.17, 15) is 8.42 Å². The van der Waals surface area contributed by atoms with Gasteiger partial charge in [0.1, 0.15) is 10.7 Å². The van der Waals surface area contributed by atoms with Crippen molar-refractivity contribution < 1.29 is 8.42 Å². The van der Waals surface area contributed by atoms with Crippen LogP contribution in [0.1, 0.15) is 27.2 Å². The number of nitrogens with one attached hydrogen (secondary N) is 2. The second-order valence-electron chi connectivity index (χ2n) is 4.37. The van der Waals surface area contributed by atoms with Crippen molar-refractivity contribution in [2.75, 3.05) is 5.43 Å². The number of pyridine rings is 1. The predicted octanol–water partition coefficient (Wildman–Crippen LogP) is 0.834. The highest BCUT2D eigenvalue weighted by atomic mass is 32.2. The lowest BCUT2D eigenvalue weighted by Crippen LogP contribution is -2.42. The summed E-state index contributed by atoms with van der Waals surface area (Å²) in [7, 11) is -3.54. The van der Waals surface area contributed by atoms with E-state index in [1.165, 1.54) is 18.3 Å². The molecule has 0 bridgehead atoms. The summed E-state index contributed by atoms with van der Waals surface area (Å²) in [6.07, 6.45) is 1.96. The van der Waals surface area contributed by atoms with Crippen LogP contribution in [-0.2, 0) is 10.0 Å². The van der Waals surface area contributed by atoms with Gasteiger partial charge in [0.15, 0.2) is 0 Å². The number of hydrogen-bond donors (Lipinski definition) is 3. The summed E-state index contributed by atoms with van der Waals surface area (Å²) in [4.78, 5) is 3.99. The van der Waals surface area contributed by atoms with Crippen molar-refractivity contribution in [1.29, 1.82) is 0 Å². The van der Waals surface area contributed by atoms with E-state index >= 15 is 0 Å². The summed E-state index contributed by atoms with van der Waals surface area (Å²) in [6.45, 7) is 5.57. The molecule has 0 saturated carbocycles. The molecule has 4 N–H and O–H groups in total. The van der Waals surface area contributed by atoms with E-state index in [2.05, 4.69) is 15.1 Å². The first-order valence-electron chi connectivity index (χ1n) is 5.27. The van der Waals surface area contributed by atoms with Gasteiger partial charge in [0.05, 0.1) is 0 Å².